The second-order valence-corrected chi connectivity index (χ2v) is 8.08. The van der Waals surface area contributed by atoms with Gasteiger partial charge in [0, 0.05) is 18.1 Å². The summed E-state index contributed by atoms with van der Waals surface area (Å²) >= 11 is 1.36. The van der Waals surface area contributed by atoms with Gasteiger partial charge in [0.05, 0.1) is 11.8 Å². The number of aryl methyl sites for hydroxylation is 2. The molecule has 1 N–H and O–H groups in total. The van der Waals surface area contributed by atoms with Crippen molar-refractivity contribution in [1.29, 1.82) is 0 Å². The Labute approximate surface area is 175 Å². The SMILES string of the molecule is CC(=O)C(Cc1ccccc1)NC(=O)CSc1nccn1-c1cc(C)cc(C)c1. The fourth-order valence-corrected chi connectivity index (χ4v) is 3.98. The molecule has 3 rings (SSSR count). The number of carbonyl (C=O) groups is 2. The minimum absolute atomic E-state index is 0.0519. The second-order valence-electron chi connectivity index (χ2n) is 7.13. The molecule has 0 bridgehead atoms. The van der Waals surface area contributed by atoms with Gasteiger partial charge in [-0.05, 0) is 56.0 Å². The van der Waals surface area contributed by atoms with Crippen LogP contribution in [-0.4, -0.2) is 33.0 Å². The van der Waals surface area contributed by atoms with Gasteiger partial charge in [0.2, 0.25) is 5.91 Å². The largest absolute Gasteiger partial charge is 0.345 e. The summed E-state index contributed by atoms with van der Waals surface area (Å²) in [5.41, 5.74) is 4.39. The van der Waals surface area contributed by atoms with E-state index >= 15 is 0 Å². The topological polar surface area (TPSA) is 64.0 Å². The lowest BCUT2D eigenvalue weighted by Gasteiger charge is -2.16. The predicted octanol–water partition coefficient (Wildman–Crippen LogP) is 3.90. The number of hydrogen-bond acceptors (Lipinski definition) is 4. The number of aromatic nitrogens is 2. The van der Waals surface area contributed by atoms with Gasteiger partial charge in [-0.15, -0.1) is 0 Å². The minimum atomic E-state index is -0.523. The maximum Gasteiger partial charge on any atom is 0.231 e. The van der Waals surface area contributed by atoms with Crippen molar-refractivity contribution in [3.05, 3.63) is 77.6 Å². The zero-order valence-corrected chi connectivity index (χ0v) is 17.7. The van der Waals surface area contributed by atoms with E-state index < -0.39 is 6.04 Å². The van der Waals surface area contributed by atoms with Gasteiger partial charge >= 0.3 is 0 Å². The first-order chi connectivity index (χ1) is 13.9. The summed E-state index contributed by atoms with van der Waals surface area (Å²) in [7, 11) is 0. The third kappa shape index (κ3) is 5.81. The Morgan fingerprint density at radius 1 is 1.10 bits per heavy atom. The van der Waals surface area contributed by atoms with Gasteiger partial charge in [-0.25, -0.2) is 4.98 Å². The minimum Gasteiger partial charge on any atom is -0.345 e. The van der Waals surface area contributed by atoms with Crippen LogP contribution in [0, 0.1) is 13.8 Å². The molecule has 0 aliphatic carbocycles. The van der Waals surface area contributed by atoms with Gasteiger partial charge in [-0.2, -0.15) is 0 Å². The average Bonchev–Trinajstić information content (AvgIpc) is 3.14. The molecular formula is C23H25N3O2S. The summed E-state index contributed by atoms with van der Waals surface area (Å²) in [6.45, 7) is 5.62. The van der Waals surface area contributed by atoms with Crippen LogP contribution in [0.1, 0.15) is 23.6 Å². The summed E-state index contributed by atoms with van der Waals surface area (Å²) in [5, 5.41) is 3.60. The highest BCUT2D eigenvalue weighted by Crippen LogP contribution is 2.22. The number of nitrogens with one attached hydrogen (secondary N) is 1. The normalized spacial score (nSPS) is 11.8. The lowest BCUT2D eigenvalue weighted by molar-refractivity contribution is -0.125. The molecule has 6 heteroatoms. The third-order valence-electron chi connectivity index (χ3n) is 4.53. The second kappa shape index (κ2) is 9.56. The van der Waals surface area contributed by atoms with E-state index in [1.54, 1.807) is 6.20 Å². The Morgan fingerprint density at radius 3 is 2.45 bits per heavy atom. The zero-order chi connectivity index (χ0) is 20.8. The van der Waals surface area contributed by atoms with E-state index in [0.29, 0.717) is 6.42 Å². The van der Waals surface area contributed by atoms with Crippen molar-refractivity contribution in [2.24, 2.45) is 0 Å². The smallest absolute Gasteiger partial charge is 0.231 e. The van der Waals surface area contributed by atoms with Gasteiger partial charge in [0.25, 0.3) is 0 Å². The molecule has 1 unspecified atom stereocenters. The maximum absolute atomic E-state index is 12.5. The van der Waals surface area contributed by atoms with Crippen LogP contribution in [0.15, 0.2) is 66.1 Å². The molecule has 0 saturated carbocycles. The number of imidazole rings is 1. The Balaban J connectivity index is 1.63. The van der Waals surface area contributed by atoms with Crippen molar-refractivity contribution in [2.75, 3.05) is 5.75 Å². The molecule has 0 aliphatic rings. The van der Waals surface area contributed by atoms with Gasteiger partial charge in [0.1, 0.15) is 0 Å². The highest BCUT2D eigenvalue weighted by atomic mass is 32.2. The quantitative estimate of drug-likeness (QED) is 0.575. The average molecular weight is 408 g/mol. The molecule has 0 spiro atoms. The van der Waals surface area contributed by atoms with Crippen LogP contribution in [0.3, 0.4) is 0 Å². The number of Topliss-reactive ketones (excluding diaryl/α,β-unsaturated/α-hetero) is 1. The standard InChI is InChI=1S/C23H25N3O2S/c1-16-11-17(2)13-20(12-16)26-10-9-24-23(26)29-15-22(28)25-21(18(3)27)14-19-7-5-4-6-8-19/h4-13,21H,14-15H2,1-3H3,(H,25,28). The highest BCUT2D eigenvalue weighted by Gasteiger charge is 2.18. The van der Waals surface area contributed by atoms with Crippen LogP contribution in [0.4, 0.5) is 0 Å². The number of rotatable bonds is 8. The first-order valence-electron chi connectivity index (χ1n) is 9.51. The van der Waals surface area contributed by atoms with Crippen LogP contribution in [-0.2, 0) is 16.0 Å². The van der Waals surface area contributed by atoms with Crippen molar-refractivity contribution in [1.82, 2.24) is 14.9 Å². The van der Waals surface area contributed by atoms with E-state index in [0.717, 1.165) is 16.4 Å². The van der Waals surface area contributed by atoms with Crippen LogP contribution >= 0.6 is 11.8 Å². The fourth-order valence-electron chi connectivity index (χ4n) is 3.20. The van der Waals surface area contributed by atoms with E-state index in [2.05, 4.69) is 42.3 Å². The maximum atomic E-state index is 12.5. The Hall–Kier alpha value is -2.86. The lowest BCUT2D eigenvalue weighted by Crippen LogP contribution is -2.42. The number of nitrogens with zero attached hydrogens (tertiary/aromatic N) is 2. The van der Waals surface area contributed by atoms with Crippen molar-refractivity contribution < 1.29 is 9.59 Å². The third-order valence-corrected chi connectivity index (χ3v) is 5.50. The monoisotopic (exact) mass is 407 g/mol. The molecule has 1 heterocycles. The van der Waals surface area contributed by atoms with Crippen molar-refractivity contribution >= 4 is 23.5 Å². The van der Waals surface area contributed by atoms with Crippen LogP contribution in [0.5, 0.6) is 0 Å². The Morgan fingerprint density at radius 2 is 1.79 bits per heavy atom. The van der Waals surface area contributed by atoms with Gasteiger partial charge < -0.3 is 5.32 Å². The Kier molecular flexibility index (Phi) is 6.88. The molecular weight excluding hydrogens is 382 g/mol. The number of carbonyl (C=O) groups excluding carboxylic acids is 2. The van der Waals surface area contributed by atoms with Crippen LogP contribution < -0.4 is 5.32 Å². The highest BCUT2D eigenvalue weighted by molar-refractivity contribution is 7.99. The Bertz CT molecular complexity index is 978. The number of ketones is 1. The molecule has 0 radical (unpaired) electrons. The number of thioether (sulfide) groups is 1. The van der Waals surface area contributed by atoms with E-state index in [4.69, 9.17) is 0 Å². The van der Waals surface area contributed by atoms with Crippen molar-refractivity contribution in [3.63, 3.8) is 0 Å². The molecule has 3 aromatic rings. The summed E-state index contributed by atoms with van der Waals surface area (Å²) < 4.78 is 1.98. The lowest BCUT2D eigenvalue weighted by atomic mass is 10.0. The molecule has 0 aliphatic heterocycles. The number of amides is 1. The van der Waals surface area contributed by atoms with E-state index in [1.807, 2.05) is 41.1 Å². The molecule has 1 aromatic heterocycles. The summed E-state index contributed by atoms with van der Waals surface area (Å²) in [5.74, 6) is -0.0366. The first-order valence-corrected chi connectivity index (χ1v) is 10.5. The fraction of sp³-hybridized carbons (Fsp3) is 0.261. The van der Waals surface area contributed by atoms with Gasteiger partial charge in [0.15, 0.2) is 10.9 Å². The molecule has 5 nitrogen and oxygen atoms in total. The molecule has 1 atom stereocenters. The predicted molar refractivity (Wildman–Crippen MR) is 117 cm³/mol. The molecule has 150 valence electrons. The molecule has 0 saturated heterocycles. The van der Waals surface area contributed by atoms with Crippen molar-refractivity contribution in [2.45, 2.75) is 38.4 Å². The summed E-state index contributed by atoms with van der Waals surface area (Å²) in [6, 6.07) is 15.5. The van der Waals surface area contributed by atoms with Crippen molar-refractivity contribution in [3.8, 4) is 5.69 Å². The number of hydrogen-bond donors (Lipinski definition) is 1. The molecule has 1 amide bonds. The molecule has 0 fully saturated rings. The van der Waals surface area contributed by atoms with E-state index in [9.17, 15) is 9.59 Å². The van der Waals surface area contributed by atoms with E-state index in [-0.39, 0.29) is 17.4 Å². The summed E-state index contributed by atoms with van der Waals surface area (Å²) in [4.78, 5) is 28.8. The van der Waals surface area contributed by atoms with Crippen LogP contribution in [0.2, 0.25) is 0 Å². The van der Waals surface area contributed by atoms with Gasteiger partial charge in [-0.3, -0.25) is 14.2 Å². The van der Waals surface area contributed by atoms with Crippen LogP contribution in [0.25, 0.3) is 5.69 Å². The first kappa shape index (κ1) is 20.9. The molecule has 2 aromatic carbocycles. The summed E-state index contributed by atoms with van der Waals surface area (Å²) in [6.07, 6.45) is 4.11. The molecule has 29 heavy (non-hydrogen) atoms. The number of benzene rings is 2. The van der Waals surface area contributed by atoms with Gasteiger partial charge in [-0.1, -0.05) is 48.2 Å². The van der Waals surface area contributed by atoms with E-state index in [1.165, 1.54) is 29.8 Å². The zero-order valence-electron chi connectivity index (χ0n) is 16.9.